The molecule has 1 N–H and O–H groups in total. The second kappa shape index (κ2) is 4.98. The number of halogens is 1. The number of hydrogen-bond acceptors (Lipinski definition) is 2. The van der Waals surface area contributed by atoms with Gasteiger partial charge in [0.15, 0.2) is 0 Å². The minimum absolute atomic E-state index is 0.110. The molecule has 1 atom stereocenters. The van der Waals surface area contributed by atoms with Crippen molar-refractivity contribution in [3.63, 3.8) is 0 Å². The average molecular weight is 248 g/mol. The highest BCUT2D eigenvalue weighted by Gasteiger charge is 2.33. The number of piperidine rings is 3. The van der Waals surface area contributed by atoms with Crippen molar-refractivity contribution in [3.8, 4) is 0 Å². The molecule has 3 heterocycles. The van der Waals surface area contributed by atoms with Gasteiger partial charge >= 0.3 is 0 Å². The van der Waals surface area contributed by atoms with E-state index in [0.717, 1.165) is 18.0 Å². The lowest BCUT2D eigenvalue weighted by molar-refractivity contribution is 0.0720. The molecule has 0 spiro atoms. The lowest BCUT2D eigenvalue weighted by Crippen LogP contribution is -2.55. The number of hydrogen-bond donors (Lipinski definition) is 1. The summed E-state index contributed by atoms with van der Waals surface area (Å²) in [5, 5.41) is 3.65. The van der Waals surface area contributed by atoms with Crippen molar-refractivity contribution in [2.75, 3.05) is 19.6 Å². The summed E-state index contributed by atoms with van der Waals surface area (Å²) in [6.07, 6.45) is 2.67. The van der Waals surface area contributed by atoms with Crippen molar-refractivity contribution >= 4 is 0 Å². The summed E-state index contributed by atoms with van der Waals surface area (Å²) < 4.78 is 13.2. The Morgan fingerprint density at radius 1 is 1.33 bits per heavy atom. The fraction of sp³-hybridized carbons (Fsp3) is 0.600. The van der Waals surface area contributed by atoms with Gasteiger partial charge in [-0.25, -0.2) is 4.39 Å². The van der Waals surface area contributed by atoms with Crippen LogP contribution >= 0.6 is 0 Å². The lowest BCUT2D eigenvalue weighted by Gasteiger charge is -2.45. The van der Waals surface area contributed by atoms with Crippen molar-refractivity contribution in [1.29, 1.82) is 0 Å². The van der Waals surface area contributed by atoms with Crippen molar-refractivity contribution in [2.24, 2.45) is 5.92 Å². The monoisotopic (exact) mass is 248 g/mol. The van der Waals surface area contributed by atoms with Gasteiger partial charge in [-0.1, -0.05) is 12.1 Å². The zero-order valence-electron chi connectivity index (χ0n) is 11.0. The van der Waals surface area contributed by atoms with Crippen LogP contribution in [0.2, 0.25) is 0 Å². The van der Waals surface area contributed by atoms with Crippen LogP contribution in [0.15, 0.2) is 18.2 Å². The molecule has 4 rings (SSSR count). The Morgan fingerprint density at radius 3 is 2.72 bits per heavy atom. The zero-order valence-corrected chi connectivity index (χ0v) is 11.0. The van der Waals surface area contributed by atoms with Gasteiger partial charge in [-0.2, -0.15) is 0 Å². The SMILES string of the molecule is Cc1cc(CNC2CN3CCC2CC3)ccc1F. The molecule has 3 aliphatic heterocycles. The first-order valence-electron chi connectivity index (χ1n) is 6.93. The van der Waals surface area contributed by atoms with E-state index in [-0.39, 0.29) is 5.82 Å². The second-order valence-electron chi connectivity index (χ2n) is 5.71. The third-order valence-corrected chi connectivity index (χ3v) is 4.45. The largest absolute Gasteiger partial charge is 0.308 e. The average Bonchev–Trinajstić information content (AvgIpc) is 2.41. The summed E-state index contributed by atoms with van der Waals surface area (Å²) in [4.78, 5) is 2.55. The summed E-state index contributed by atoms with van der Waals surface area (Å²) >= 11 is 0. The molecule has 0 radical (unpaired) electrons. The van der Waals surface area contributed by atoms with Gasteiger partial charge in [0.05, 0.1) is 0 Å². The fourth-order valence-corrected chi connectivity index (χ4v) is 3.26. The minimum Gasteiger partial charge on any atom is -0.308 e. The second-order valence-corrected chi connectivity index (χ2v) is 5.71. The van der Waals surface area contributed by atoms with Crippen LogP contribution in [0, 0.1) is 18.7 Å². The Labute approximate surface area is 108 Å². The van der Waals surface area contributed by atoms with Gasteiger partial charge < -0.3 is 10.2 Å². The summed E-state index contributed by atoms with van der Waals surface area (Å²) in [5.74, 6) is 0.734. The Hall–Kier alpha value is -0.930. The highest BCUT2D eigenvalue weighted by molar-refractivity contribution is 5.23. The van der Waals surface area contributed by atoms with Crippen LogP contribution in [0.5, 0.6) is 0 Å². The summed E-state index contributed by atoms with van der Waals surface area (Å²) in [6.45, 7) is 6.42. The van der Waals surface area contributed by atoms with Crippen LogP contribution in [-0.4, -0.2) is 30.6 Å². The minimum atomic E-state index is -0.110. The first kappa shape index (κ1) is 12.1. The third-order valence-electron chi connectivity index (χ3n) is 4.45. The van der Waals surface area contributed by atoms with E-state index in [4.69, 9.17) is 0 Å². The summed E-state index contributed by atoms with van der Waals surface area (Å²) in [6, 6.07) is 6.03. The molecule has 2 nitrogen and oxygen atoms in total. The molecular formula is C15H21FN2. The molecule has 2 bridgehead atoms. The predicted octanol–water partition coefficient (Wildman–Crippen LogP) is 2.32. The van der Waals surface area contributed by atoms with E-state index >= 15 is 0 Å². The Morgan fingerprint density at radius 2 is 2.11 bits per heavy atom. The van der Waals surface area contributed by atoms with Gasteiger partial charge in [0, 0.05) is 19.1 Å². The van der Waals surface area contributed by atoms with E-state index in [0.29, 0.717) is 6.04 Å². The normalized spacial score (nSPS) is 30.7. The van der Waals surface area contributed by atoms with Gasteiger partial charge in [-0.3, -0.25) is 0 Å². The first-order chi connectivity index (χ1) is 8.72. The molecule has 1 unspecified atom stereocenters. The van der Waals surface area contributed by atoms with E-state index in [2.05, 4.69) is 10.2 Å². The smallest absolute Gasteiger partial charge is 0.126 e. The maximum atomic E-state index is 13.2. The molecule has 1 aromatic carbocycles. The number of benzene rings is 1. The highest BCUT2D eigenvalue weighted by Crippen LogP contribution is 2.27. The summed E-state index contributed by atoms with van der Waals surface area (Å²) in [7, 11) is 0. The van der Waals surface area contributed by atoms with Crippen LogP contribution < -0.4 is 5.32 Å². The van der Waals surface area contributed by atoms with Crippen LogP contribution in [0.1, 0.15) is 24.0 Å². The van der Waals surface area contributed by atoms with Gasteiger partial charge in [-0.15, -0.1) is 0 Å². The van der Waals surface area contributed by atoms with Crippen LogP contribution in [0.25, 0.3) is 0 Å². The van der Waals surface area contributed by atoms with Gasteiger partial charge in [0.1, 0.15) is 5.82 Å². The molecule has 0 aliphatic carbocycles. The van der Waals surface area contributed by atoms with E-state index in [1.165, 1.54) is 38.0 Å². The first-order valence-corrected chi connectivity index (χ1v) is 6.93. The molecule has 3 heteroatoms. The molecule has 18 heavy (non-hydrogen) atoms. The number of nitrogens with one attached hydrogen (secondary N) is 1. The third kappa shape index (κ3) is 2.43. The maximum Gasteiger partial charge on any atom is 0.126 e. The van der Waals surface area contributed by atoms with E-state index < -0.39 is 0 Å². The maximum absolute atomic E-state index is 13.2. The van der Waals surface area contributed by atoms with Crippen LogP contribution in [-0.2, 0) is 6.54 Å². The van der Waals surface area contributed by atoms with Crippen molar-refractivity contribution in [3.05, 3.63) is 35.1 Å². The molecule has 0 amide bonds. The molecule has 1 aromatic rings. The van der Waals surface area contributed by atoms with Crippen molar-refractivity contribution in [2.45, 2.75) is 32.4 Å². The number of fused-ring (bicyclic) bond motifs is 3. The topological polar surface area (TPSA) is 15.3 Å². The lowest BCUT2D eigenvalue weighted by atomic mass is 9.84. The van der Waals surface area contributed by atoms with Crippen LogP contribution in [0.4, 0.5) is 4.39 Å². The number of nitrogens with zero attached hydrogens (tertiary/aromatic N) is 1. The van der Waals surface area contributed by atoms with Gasteiger partial charge in [0.25, 0.3) is 0 Å². The number of aryl methyl sites for hydroxylation is 1. The van der Waals surface area contributed by atoms with E-state index in [1.54, 1.807) is 6.07 Å². The zero-order chi connectivity index (χ0) is 12.5. The molecule has 3 saturated heterocycles. The summed E-state index contributed by atoms with van der Waals surface area (Å²) in [5.41, 5.74) is 1.92. The van der Waals surface area contributed by atoms with Crippen molar-refractivity contribution < 1.29 is 4.39 Å². The quantitative estimate of drug-likeness (QED) is 0.883. The van der Waals surface area contributed by atoms with Gasteiger partial charge in [-0.05, 0) is 56.0 Å². The molecule has 0 saturated carbocycles. The number of rotatable bonds is 3. The van der Waals surface area contributed by atoms with Crippen LogP contribution in [0.3, 0.4) is 0 Å². The highest BCUT2D eigenvalue weighted by atomic mass is 19.1. The molecule has 3 fully saturated rings. The molecule has 98 valence electrons. The Bertz CT molecular complexity index is 425. The predicted molar refractivity (Wildman–Crippen MR) is 70.9 cm³/mol. The molecule has 0 aromatic heterocycles. The Balaban J connectivity index is 1.59. The standard InChI is InChI=1S/C15H21FN2/c1-11-8-12(2-3-14(11)16)9-17-15-10-18-6-4-13(15)5-7-18/h2-3,8,13,15,17H,4-7,9-10H2,1H3. The van der Waals surface area contributed by atoms with E-state index in [9.17, 15) is 4.39 Å². The van der Waals surface area contributed by atoms with E-state index in [1.807, 2.05) is 19.1 Å². The molecule has 3 aliphatic rings. The fourth-order valence-electron chi connectivity index (χ4n) is 3.26. The van der Waals surface area contributed by atoms with Crippen molar-refractivity contribution in [1.82, 2.24) is 10.2 Å². The Kier molecular flexibility index (Phi) is 3.35. The van der Waals surface area contributed by atoms with Gasteiger partial charge in [0.2, 0.25) is 0 Å². The molecular weight excluding hydrogens is 227 g/mol.